The Morgan fingerprint density at radius 3 is 2.47 bits per heavy atom. The number of nitrogens with zero attached hydrogens (tertiary/aromatic N) is 6. The van der Waals surface area contributed by atoms with Gasteiger partial charge in [-0.3, -0.25) is 0 Å². The normalized spacial score (nSPS) is 10.4. The highest BCUT2D eigenvalue weighted by Crippen LogP contribution is 2.20. The molecule has 0 N–H and O–H groups in total. The molecule has 0 aliphatic carbocycles. The molecule has 7 heteroatoms. The van der Waals surface area contributed by atoms with Crippen molar-refractivity contribution in [1.29, 1.82) is 0 Å². The third-order valence-electron chi connectivity index (χ3n) is 2.56. The molecule has 19 heavy (non-hydrogen) atoms. The van der Waals surface area contributed by atoms with Crippen LogP contribution < -0.4 is 4.74 Å². The Labute approximate surface area is 108 Å². The van der Waals surface area contributed by atoms with Crippen LogP contribution >= 0.6 is 0 Å². The molecule has 0 saturated heterocycles. The predicted octanol–water partition coefficient (Wildman–Crippen LogP) is 1.13. The molecule has 3 rings (SSSR count). The van der Waals surface area contributed by atoms with Crippen LogP contribution in [-0.2, 0) is 0 Å². The van der Waals surface area contributed by atoms with Crippen LogP contribution in [0.2, 0.25) is 0 Å². The van der Waals surface area contributed by atoms with E-state index in [4.69, 9.17) is 4.74 Å². The van der Waals surface area contributed by atoms with Crippen LogP contribution in [0.1, 0.15) is 0 Å². The Kier molecular flexibility index (Phi) is 2.85. The molecule has 7 nitrogen and oxygen atoms in total. The van der Waals surface area contributed by atoms with Gasteiger partial charge in [0, 0.05) is 18.0 Å². The van der Waals surface area contributed by atoms with Gasteiger partial charge in [-0.05, 0) is 40.8 Å². The van der Waals surface area contributed by atoms with Crippen molar-refractivity contribution in [3.63, 3.8) is 0 Å². The number of hydrogen-bond donors (Lipinski definition) is 0. The van der Waals surface area contributed by atoms with Crippen LogP contribution in [0, 0.1) is 0 Å². The van der Waals surface area contributed by atoms with E-state index < -0.39 is 0 Å². The number of benzene rings is 1. The fourth-order valence-electron chi connectivity index (χ4n) is 1.64. The molecule has 2 heterocycles. The maximum absolute atomic E-state index is 5.12. The van der Waals surface area contributed by atoms with Gasteiger partial charge in [-0.15, -0.1) is 5.10 Å². The average Bonchev–Trinajstić information content (AvgIpc) is 2.98. The topological polar surface area (TPSA) is 78.6 Å². The van der Waals surface area contributed by atoms with Crippen LogP contribution in [0.4, 0.5) is 0 Å². The number of tetrazole rings is 1. The molecule has 0 unspecified atom stereocenters. The summed E-state index contributed by atoms with van der Waals surface area (Å²) in [7, 11) is 1.62. The van der Waals surface area contributed by atoms with E-state index in [-0.39, 0.29) is 0 Å². The molecule has 0 saturated carbocycles. The Morgan fingerprint density at radius 2 is 1.79 bits per heavy atom. The van der Waals surface area contributed by atoms with E-state index in [1.54, 1.807) is 25.6 Å². The van der Waals surface area contributed by atoms with E-state index in [1.165, 1.54) is 4.68 Å². The lowest BCUT2D eigenvalue weighted by molar-refractivity contribution is 0.415. The minimum atomic E-state index is 0.429. The SMILES string of the molecule is COc1ccc(-c2nnnn2-c2ncccn2)cc1. The quantitative estimate of drug-likeness (QED) is 0.697. The number of aromatic nitrogens is 6. The fraction of sp³-hybridized carbons (Fsp3) is 0.0833. The van der Waals surface area contributed by atoms with Gasteiger partial charge >= 0.3 is 0 Å². The molecule has 0 bridgehead atoms. The lowest BCUT2D eigenvalue weighted by Crippen LogP contribution is -2.04. The average molecular weight is 254 g/mol. The van der Waals surface area contributed by atoms with E-state index in [1.807, 2.05) is 24.3 Å². The largest absolute Gasteiger partial charge is 0.497 e. The second kappa shape index (κ2) is 4.81. The van der Waals surface area contributed by atoms with Crippen molar-refractivity contribution in [3.8, 4) is 23.1 Å². The highest BCUT2D eigenvalue weighted by molar-refractivity contribution is 5.57. The van der Waals surface area contributed by atoms with Gasteiger partial charge in [0.1, 0.15) is 5.75 Å². The molecule has 0 radical (unpaired) electrons. The minimum absolute atomic E-state index is 0.429. The van der Waals surface area contributed by atoms with Gasteiger partial charge in [0.2, 0.25) is 0 Å². The second-order valence-electron chi connectivity index (χ2n) is 3.69. The number of methoxy groups -OCH3 is 1. The van der Waals surface area contributed by atoms with E-state index in [9.17, 15) is 0 Å². The Bertz CT molecular complexity index is 664. The summed E-state index contributed by atoms with van der Waals surface area (Å²) >= 11 is 0. The van der Waals surface area contributed by atoms with Crippen LogP contribution in [0.5, 0.6) is 5.75 Å². The summed E-state index contributed by atoms with van der Waals surface area (Å²) in [5, 5.41) is 11.6. The van der Waals surface area contributed by atoms with Crippen molar-refractivity contribution in [3.05, 3.63) is 42.7 Å². The zero-order valence-electron chi connectivity index (χ0n) is 10.1. The smallest absolute Gasteiger partial charge is 0.253 e. The molecule has 3 aromatic rings. The van der Waals surface area contributed by atoms with Gasteiger partial charge in [-0.25, -0.2) is 9.97 Å². The molecule has 0 spiro atoms. The molecule has 1 aromatic carbocycles. The summed E-state index contributed by atoms with van der Waals surface area (Å²) in [6.07, 6.45) is 3.28. The van der Waals surface area contributed by atoms with Gasteiger partial charge in [0.25, 0.3) is 5.95 Å². The highest BCUT2D eigenvalue weighted by Gasteiger charge is 2.12. The first-order valence-corrected chi connectivity index (χ1v) is 5.58. The van der Waals surface area contributed by atoms with Crippen LogP contribution in [0.3, 0.4) is 0 Å². The molecule has 0 atom stereocenters. The van der Waals surface area contributed by atoms with E-state index in [0.717, 1.165) is 11.3 Å². The summed E-state index contributed by atoms with van der Waals surface area (Å²) in [5.41, 5.74) is 0.859. The summed E-state index contributed by atoms with van der Waals surface area (Å²) in [6.45, 7) is 0. The molecule has 2 aromatic heterocycles. The molecular weight excluding hydrogens is 244 g/mol. The van der Waals surface area contributed by atoms with Gasteiger partial charge in [-0.2, -0.15) is 4.68 Å². The van der Waals surface area contributed by atoms with Gasteiger partial charge in [-0.1, -0.05) is 0 Å². The van der Waals surface area contributed by atoms with Crippen molar-refractivity contribution in [1.82, 2.24) is 30.2 Å². The lowest BCUT2D eigenvalue weighted by atomic mass is 10.2. The monoisotopic (exact) mass is 254 g/mol. The van der Waals surface area contributed by atoms with Crippen LogP contribution in [0.15, 0.2) is 42.7 Å². The first-order valence-electron chi connectivity index (χ1n) is 5.58. The number of ether oxygens (including phenoxy) is 1. The fourth-order valence-corrected chi connectivity index (χ4v) is 1.64. The highest BCUT2D eigenvalue weighted by atomic mass is 16.5. The predicted molar refractivity (Wildman–Crippen MR) is 66.7 cm³/mol. The first-order chi connectivity index (χ1) is 9.38. The maximum atomic E-state index is 5.12. The number of rotatable bonds is 3. The first kappa shape index (κ1) is 11.3. The minimum Gasteiger partial charge on any atom is -0.497 e. The van der Waals surface area contributed by atoms with Crippen molar-refractivity contribution in [2.24, 2.45) is 0 Å². The lowest BCUT2D eigenvalue weighted by Gasteiger charge is -2.03. The molecule has 0 aliphatic heterocycles. The number of hydrogen-bond acceptors (Lipinski definition) is 6. The molecule has 0 aliphatic rings. The summed E-state index contributed by atoms with van der Waals surface area (Å²) in [6, 6.07) is 9.19. The molecule has 0 fully saturated rings. The van der Waals surface area contributed by atoms with Crippen LogP contribution in [0.25, 0.3) is 17.3 Å². The van der Waals surface area contributed by atoms with E-state index >= 15 is 0 Å². The Balaban J connectivity index is 2.04. The second-order valence-corrected chi connectivity index (χ2v) is 3.69. The zero-order chi connectivity index (χ0) is 13.1. The van der Waals surface area contributed by atoms with E-state index in [0.29, 0.717) is 11.8 Å². The third kappa shape index (κ3) is 2.13. The van der Waals surface area contributed by atoms with Gasteiger partial charge in [0.05, 0.1) is 7.11 Å². The van der Waals surface area contributed by atoms with Crippen LogP contribution in [-0.4, -0.2) is 37.3 Å². The summed E-state index contributed by atoms with van der Waals surface area (Å²) < 4.78 is 6.61. The van der Waals surface area contributed by atoms with Crippen molar-refractivity contribution < 1.29 is 4.74 Å². The molecule has 94 valence electrons. The maximum Gasteiger partial charge on any atom is 0.253 e. The van der Waals surface area contributed by atoms with Gasteiger partial charge in [0.15, 0.2) is 5.82 Å². The Hall–Kier alpha value is -2.83. The molecule has 0 amide bonds. The summed E-state index contributed by atoms with van der Waals surface area (Å²) in [4.78, 5) is 8.25. The van der Waals surface area contributed by atoms with Gasteiger partial charge < -0.3 is 4.74 Å². The van der Waals surface area contributed by atoms with Crippen molar-refractivity contribution in [2.75, 3.05) is 7.11 Å². The standard InChI is InChI=1S/C12H10N6O/c1-19-10-5-3-9(4-6-10)11-15-16-17-18(11)12-13-7-2-8-14-12/h2-8H,1H3. The zero-order valence-corrected chi connectivity index (χ0v) is 10.1. The van der Waals surface area contributed by atoms with E-state index in [2.05, 4.69) is 25.5 Å². The van der Waals surface area contributed by atoms with Crippen molar-refractivity contribution in [2.45, 2.75) is 0 Å². The summed E-state index contributed by atoms with van der Waals surface area (Å²) in [5.74, 6) is 1.78. The Morgan fingerprint density at radius 1 is 1.05 bits per heavy atom. The molecular formula is C12H10N6O. The van der Waals surface area contributed by atoms with Crippen molar-refractivity contribution >= 4 is 0 Å². The third-order valence-corrected chi connectivity index (χ3v) is 2.56.